The molecule has 1 aliphatic rings. The molecule has 5 rings (SSSR count). The minimum atomic E-state index is -0.335. The lowest BCUT2D eigenvalue weighted by Gasteiger charge is -2.22. The smallest absolute Gasteiger partial charge is 0.234 e. The average Bonchev–Trinajstić information content (AvgIpc) is 3.64. The summed E-state index contributed by atoms with van der Waals surface area (Å²) in [6.45, 7) is 1.92. The fourth-order valence-corrected chi connectivity index (χ4v) is 4.79. The molecule has 1 aliphatic carbocycles. The Morgan fingerprint density at radius 2 is 1.42 bits per heavy atom. The van der Waals surface area contributed by atoms with E-state index in [1.165, 1.54) is 11.8 Å². The number of aromatic nitrogens is 3. The highest BCUT2D eigenvalue weighted by atomic mass is 32.2. The molecule has 166 valence electrons. The van der Waals surface area contributed by atoms with E-state index in [1.807, 2.05) is 85.8 Å². The highest BCUT2D eigenvalue weighted by molar-refractivity contribution is 8.00. The predicted octanol–water partition coefficient (Wildman–Crippen LogP) is 5.53. The summed E-state index contributed by atoms with van der Waals surface area (Å²) >= 11 is 1.45. The van der Waals surface area contributed by atoms with Gasteiger partial charge in [0.2, 0.25) is 5.91 Å². The summed E-state index contributed by atoms with van der Waals surface area (Å²) in [5.41, 5.74) is 3.14. The number of carbonyl (C=O) groups is 1. The molecule has 4 aromatic rings. The fourth-order valence-electron chi connectivity index (χ4n) is 3.90. The van der Waals surface area contributed by atoms with Gasteiger partial charge in [0.1, 0.15) is 5.82 Å². The Balaban J connectivity index is 1.38. The molecule has 3 aromatic carbocycles. The van der Waals surface area contributed by atoms with Crippen LogP contribution in [-0.2, 0) is 4.79 Å². The number of amides is 1. The zero-order chi connectivity index (χ0) is 22.6. The van der Waals surface area contributed by atoms with E-state index in [4.69, 9.17) is 0 Å². The van der Waals surface area contributed by atoms with Gasteiger partial charge in [-0.1, -0.05) is 90.6 Å². The molecule has 33 heavy (non-hydrogen) atoms. The van der Waals surface area contributed by atoms with Crippen LogP contribution in [0.1, 0.15) is 48.7 Å². The van der Waals surface area contributed by atoms with Crippen molar-refractivity contribution in [1.82, 2.24) is 20.1 Å². The summed E-state index contributed by atoms with van der Waals surface area (Å²) in [6, 6.07) is 30.1. The molecular formula is C27H26N4OS. The topological polar surface area (TPSA) is 59.8 Å². The van der Waals surface area contributed by atoms with Crippen LogP contribution in [0, 0.1) is 0 Å². The van der Waals surface area contributed by atoms with Crippen molar-refractivity contribution in [2.75, 3.05) is 0 Å². The van der Waals surface area contributed by atoms with Crippen molar-refractivity contribution in [3.8, 4) is 5.69 Å². The first kappa shape index (κ1) is 21.5. The summed E-state index contributed by atoms with van der Waals surface area (Å²) in [5, 5.41) is 12.6. The standard InChI is InChI=1S/C27H26N4OS/c1-19(26(32)28-24(20-11-5-2-6-12-20)21-13-7-3-8-14-21)33-27-30-29-25(22-17-18-22)31(27)23-15-9-4-10-16-23/h2-16,19,22,24H,17-18H2,1H3,(H,28,32). The molecule has 1 atom stereocenters. The summed E-state index contributed by atoms with van der Waals surface area (Å²) in [6.07, 6.45) is 2.28. The van der Waals surface area contributed by atoms with Gasteiger partial charge in [-0.3, -0.25) is 9.36 Å². The molecule has 0 aliphatic heterocycles. The Morgan fingerprint density at radius 3 is 1.97 bits per heavy atom. The maximum atomic E-state index is 13.3. The highest BCUT2D eigenvalue weighted by Crippen LogP contribution is 2.41. The first-order valence-electron chi connectivity index (χ1n) is 11.3. The molecule has 5 nitrogen and oxygen atoms in total. The van der Waals surface area contributed by atoms with E-state index < -0.39 is 0 Å². The van der Waals surface area contributed by atoms with E-state index in [1.54, 1.807) is 0 Å². The maximum absolute atomic E-state index is 13.3. The van der Waals surface area contributed by atoms with Crippen molar-refractivity contribution in [2.24, 2.45) is 0 Å². The van der Waals surface area contributed by atoms with Crippen LogP contribution in [0.4, 0.5) is 0 Å². The fraction of sp³-hybridized carbons (Fsp3) is 0.222. The van der Waals surface area contributed by atoms with Crippen LogP contribution >= 0.6 is 11.8 Å². The van der Waals surface area contributed by atoms with Gasteiger partial charge in [0.05, 0.1) is 11.3 Å². The number of thioether (sulfide) groups is 1. The molecule has 1 N–H and O–H groups in total. The predicted molar refractivity (Wildman–Crippen MR) is 132 cm³/mol. The van der Waals surface area contributed by atoms with Crippen LogP contribution in [0.2, 0.25) is 0 Å². The van der Waals surface area contributed by atoms with Gasteiger partial charge < -0.3 is 5.32 Å². The molecular weight excluding hydrogens is 428 g/mol. The first-order chi connectivity index (χ1) is 16.2. The molecule has 1 heterocycles. The van der Waals surface area contributed by atoms with Crippen molar-refractivity contribution >= 4 is 17.7 Å². The van der Waals surface area contributed by atoms with E-state index in [9.17, 15) is 4.79 Å². The van der Waals surface area contributed by atoms with Gasteiger partial charge in [-0.2, -0.15) is 0 Å². The molecule has 0 radical (unpaired) electrons. The highest BCUT2D eigenvalue weighted by Gasteiger charge is 2.32. The third-order valence-electron chi connectivity index (χ3n) is 5.82. The number of nitrogens with one attached hydrogen (secondary N) is 1. The summed E-state index contributed by atoms with van der Waals surface area (Å²) in [5.74, 6) is 1.41. The van der Waals surface area contributed by atoms with Crippen LogP contribution in [0.15, 0.2) is 96.2 Å². The largest absolute Gasteiger partial charge is 0.344 e. The lowest BCUT2D eigenvalue weighted by molar-refractivity contribution is -0.120. The molecule has 6 heteroatoms. The molecule has 1 unspecified atom stereocenters. The molecule has 1 saturated carbocycles. The number of nitrogens with zero attached hydrogens (tertiary/aromatic N) is 3. The van der Waals surface area contributed by atoms with Crippen LogP contribution in [0.3, 0.4) is 0 Å². The van der Waals surface area contributed by atoms with Crippen LogP contribution < -0.4 is 5.32 Å². The van der Waals surface area contributed by atoms with Gasteiger partial charge in [-0.25, -0.2) is 0 Å². The Hall–Kier alpha value is -3.38. The third-order valence-corrected chi connectivity index (χ3v) is 6.86. The number of hydrogen-bond acceptors (Lipinski definition) is 4. The second kappa shape index (κ2) is 9.63. The number of para-hydroxylation sites is 1. The minimum absolute atomic E-state index is 0.0340. The van der Waals surface area contributed by atoms with Crippen molar-refractivity contribution < 1.29 is 4.79 Å². The van der Waals surface area contributed by atoms with Gasteiger partial charge in [0, 0.05) is 11.6 Å². The Morgan fingerprint density at radius 1 is 0.879 bits per heavy atom. The molecule has 0 bridgehead atoms. The van der Waals surface area contributed by atoms with Crippen molar-refractivity contribution in [2.45, 2.75) is 42.1 Å². The Labute approximate surface area is 198 Å². The quantitative estimate of drug-likeness (QED) is 0.356. The van der Waals surface area contributed by atoms with Crippen LogP contribution in [0.5, 0.6) is 0 Å². The summed E-state index contributed by atoms with van der Waals surface area (Å²) in [7, 11) is 0. The number of rotatable bonds is 8. The first-order valence-corrected chi connectivity index (χ1v) is 12.2. The minimum Gasteiger partial charge on any atom is -0.344 e. The van der Waals surface area contributed by atoms with Gasteiger partial charge in [0.25, 0.3) is 0 Å². The second-order valence-corrected chi connectivity index (χ2v) is 9.62. The normalized spacial score (nSPS) is 14.2. The van der Waals surface area contributed by atoms with Crippen LogP contribution in [0.25, 0.3) is 5.69 Å². The van der Waals surface area contributed by atoms with Crippen molar-refractivity contribution in [1.29, 1.82) is 0 Å². The van der Waals surface area contributed by atoms with Gasteiger partial charge >= 0.3 is 0 Å². The van der Waals surface area contributed by atoms with Crippen LogP contribution in [-0.4, -0.2) is 25.9 Å². The zero-order valence-corrected chi connectivity index (χ0v) is 19.3. The Kier molecular flexibility index (Phi) is 6.26. The third kappa shape index (κ3) is 4.86. The molecule has 0 spiro atoms. The monoisotopic (exact) mass is 454 g/mol. The van der Waals surface area contributed by atoms with Gasteiger partial charge in [-0.05, 0) is 43.0 Å². The van der Waals surface area contributed by atoms with E-state index in [0.717, 1.165) is 40.6 Å². The second-order valence-electron chi connectivity index (χ2n) is 8.31. The van der Waals surface area contributed by atoms with E-state index in [-0.39, 0.29) is 17.2 Å². The molecule has 1 fully saturated rings. The maximum Gasteiger partial charge on any atom is 0.234 e. The van der Waals surface area contributed by atoms with E-state index in [2.05, 4.69) is 32.2 Å². The van der Waals surface area contributed by atoms with Crippen molar-refractivity contribution in [3.05, 3.63) is 108 Å². The van der Waals surface area contributed by atoms with Crippen molar-refractivity contribution in [3.63, 3.8) is 0 Å². The number of benzene rings is 3. The molecule has 0 saturated heterocycles. The summed E-state index contributed by atoms with van der Waals surface area (Å²) < 4.78 is 2.11. The van der Waals surface area contributed by atoms with E-state index >= 15 is 0 Å². The average molecular weight is 455 g/mol. The van der Waals surface area contributed by atoms with Gasteiger partial charge in [-0.15, -0.1) is 10.2 Å². The molecule has 1 amide bonds. The van der Waals surface area contributed by atoms with Gasteiger partial charge in [0.15, 0.2) is 5.16 Å². The van der Waals surface area contributed by atoms with E-state index in [0.29, 0.717) is 5.92 Å². The lowest BCUT2D eigenvalue weighted by atomic mass is 9.98. The lowest BCUT2D eigenvalue weighted by Crippen LogP contribution is -2.35. The Bertz CT molecular complexity index is 1170. The molecule has 1 aromatic heterocycles. The SMILES string of the molecule is CC(Sc1nnc(C2CC2)n1-c1ccccc1)C(=O)NC(c1ccccc1)c1ccccc1. The zero-order valence-electron chi connectivity index (χ0n) is 18.5. The number of hydrogen-bond donors (Lipinski definition) is 1. The number of carbonyl (C=O) groups excluding carboxylic acids is 1. The summed E-state index contributed by atoms with van der Waals surface area (Å²) in [4.78, 5) is 13.3.